The Morgan fingerprint density at radius 3 is 2.32 bits per heavy atom. The van der Waals surface area contributed by atoms with E-state index in [4.69, 9.17) is 4.74 Å². The quantitative estimate of drug-likeness (QED) is 0.764. The lowest BCUT2D eigenvalue weighted by Gasteiger charge is -2.27. The van der Waals surface area contributed by atoms with Gasteiger partial charge < -0.3 is 9.64 Å². The minimum Gasteiger partial charge on any atom is -0.444 e. The van der Waals surface area contributed by atoms with Gasteiger partial charge in [0.1, 0.15) is 5.60 Å². The van der Waals surface area contributed by atoms with Gasteiger partial charge in [0, 0.05) is 29.4 Å². The van der Waals surface area contributed by atoms with Gasteiger partial charge in [-0.05, 0) is 38.5 Å². The number of amides is 1. The van der Waals surface area contributed by atoms with Crippen molar-refractivity contribution in [3.63, 3.8) is 0 Å². The Bertz CT molecular complexity index is 630. The Morgan fingerprint density at radius 1 is 1.32 bits per heavy atom. The molecule has 2 fully saturated rings. The van der Waals surface area contributed by atoms with E-state index in [9.17, 15) is 10.1 Å². The van der Waals surface area contributed by atoms with Crippen LogP contribution >= 0.6 is 15.9 Å². The van der Waals surface area contributed by atoms with Crippen LogP contribution < -0.4 is 0 Å². The molecule has 3 rings (SSSR count). The molecule has 2 aliphatic rings. The van der Waals surface area contributed by atoms with Crippen LogP contribution in [0, 0.1) is 23.2 Å². The molecule has 0 bridgehead atoms. The number of piperidine rings is 1. The maximum atomic E-state index is 12.1. The first-order chi connectivity index (χ1) is 10.3. The standard InChI is InChI=1S/C17H19BrN2O2/c1-16(2,3)22-15(21)20-8-13-14(9-20)17(13,10-19)11-4-6-12(18)7-5-11/h4-7,13-14H,8-9H2,1-3H3/t13-,14+,17+. The number of nitrogens with zero attached hydrogens (tertiary/aromatic N) is 2. The van der Waals surface area contributed by atoms with E-state index in [1.165, 1.54) is 0 Å². The van der Waals surface area contributed by atoms with Crippen molar-refractivity contribution in [2.75, 3.05) is 13.1 Å². The predicted molar refractivity (Wildman–Crippen MR) is 86.2 cm³/mol. The Kier molecular flexibility index (Phi) is 3.48. The Labute approximate surface area is 139 Å². The number of halogens is 1. The Morgan fingerprint density at radius 2 is 1.86 bits per heavy atom. The van der Waals surface area contributed by atoms with Crippen LogP contribution in [0.15, 0.2) is 28.7 Å². The van der Waals surface area contributed by atoms with Crippen molar-refractivity contribution in [3.8, 4) is 6.07 Å². The fourth-order valence-corrected chi connectivity index (χ4v) is 3.75. The molecule has 1 saturated heterocycles. The zero-order valence-electron chi connectivity index (χ0n) is 13.0. The van der Waals surface area contributed by atoms with Gasteiger partial charge in [-0.15, -0.1) is 0 Å². The number of fused-ring (bicyclic) bond motifs is 1. The molecule has 0 aromatic heterocycles. The van der Waals surface area contributed by atoms with Crippen LogP contribution in [-0.2, 0) is 10.2 Å². The summed E-state index contributed by atoms with van der Waals surface area (Å²) in [5.41, 5.74) is 0.137. The van der Waals surface area contributed by atoms with Crippen molar-refractivity contribution < 1.29 is 9.53 Å². The number of carbonyl (C=O) groups is 1. The number of ether oxygens (including phenoxy) is 1. The molecule has 0 unspecified atom stereocenters. The van der Waals surface area contributed by atoms with E-state index in [-0.39, 0.29) is 17.9 Å². The SMILES string of the molecule is CC(C)(C)OC(=O)N1C[C@@H]2[C@H](C1)[C@@]2(C#N)c1ccc(Br)cc1. The van der Waals surface area contributed by atoms with E-state index in [2.05, 4.69) is 22.0 Å². The highest BCUT2D eigenvalue weighted by Gasteiger charge is 2.70. The molecule has 1 aliphatic carbocycles. The summed E-state index contributed by atoms with van der Waals surface area (Å²) in [5.74, 6) is 0.428. The van der Waals surface area contributed by atoms with Crippen molar-refractivity contribution in [3.05, 3.63) is 34.3 Å². The third-order valence-corrected chi connectivity index (χ3v) is 5.07. The second kappa shape index (κ2) is 4.99. The van der Waals surface area contributed by atoms with E-state index in [1.807, 2.05) is 45.0 Å². The van der Waals surface area contributed by atoms with Gasteiger partial charge in [-0.25, -0.2) is 4.79 Å². The Balaban J connectivity index is 1.72. The summed E-state index contributed by atoms with van der Waals surface area (Å²) in [6.45, 7) is 6.79. The highest BCUT2D eigenvalue weighted by Crippen LogP contribution is 2.63. The van der Waals surface area contributed by atoms with Gasteiger partial charge in [-0.2, -0.15) is 5.26 Å². The fraction of sp³-hybridized carbons (Fsp3) is 0.529. The monoisotopic (exact) mass is 362 g/mol. The maximum Gasteiger partial charge on any atom is 0.410 e. The van der Waals surface area contributed by atoms with Crippen LogP contribution in [-0.4, -0.2) is 29.7 Å². The van der Waals surface area contributed by atoms with Gasteiger partial charge >= 0.3 is 6.09 Å². The molecule has 1 aromatic carbocycles. The van der Waals surface area contributed by atoms with Gasteiger partial charge in [0.2, 0.25) is 0 Å². The van der Waals surface area contributed by atoms with Crippen molar-refractivity contribution in [1.82, 2.24) is 4.90 Å². The van der Waals surface area contributed by atoms with E-state index < -0.39 is 11.0 Å². The smallest absolute Gasteiger partial charge is 0.410 e. The average Bonchev–Trinajstić information content (AvgIpc) is 2.81. The van der Waals surface area contributed by atoms with E-state index in [1.54, 1.807) is 4.90 Å². The lowest BCUT2D eigenvalue weighted by atomic mass is 9.92. The normalized spacial score (nSPS) is 29.7. The first kappa shape index (κ1) is 15.4. The summed E-state index contributed by atoms with van der Waals surface area (Å²) in [6, 6.07) is 10.4. The summed E-state index contributed by atoms with van der Waals surface area (Å²) in [7, 11) is 0. The topological polar surface area (TPSA) is 53.3 Å². The third-order valence-electron chi connectivity index (χ3n) is 4.54. The number of rotatable bonds is 1. The number of benzene rings is 1. The maximum absolute atomic E-state index is 12.1. The number of likely N-dealkylation sites (tertiary alicyclic amines) is 1. The molecule has 4 nitrogen and oxygen atoms in total. The molecule has 1 heterocycles. The molecular weight excluding hydrogens is 344 g/mol. The van der Waals surface area contributed by atoms with Crippen LogP contribution in [0.1, 0.15) is 26.3 Å². The molecule has 1 amide bonds. The second-order valence-corrected chi connectivity index (χ2v) is 8.00. The van der Waals surface area contributed by atoms with Gasteiger partial charge in [0.25, 0.3) is 0 Å². The zero-order chi connectivity index (χ0) is 16.1. The first-order valence-corrected chi connectivity index (χ1v) is 8.22. The highest BCUT2D eigenvalue weighted by molar-refractivity contribution is 9.10. The molecular formula is C17H19BrN2O2. The minimum absolute atomic E-state index is 0.214. The van der Waals surface area contributed by atoms with Gasteiger partial charge in [-0.1, -0.05) is 28.1 Å². The molecule has 5 heteroatoms. The minimum atomic E-state index is -0.484. The number of hydrogen-bond acceptors (Lipinski definition) is 3. The molecule has 0 N–H and O–H groups in total. The fourth-order valence-electron chi connectivity index (χ4n) is 3.49. The van der Waals surface area contributed by atoms with Crippen molar-refractivity contribution in [1.29, 1.82) is 5.26 Å². The number of carbonyl (C=O) groups excluding carboxylic acids is 1. The highest BCUT2D eigenvalue weighted by atomic mass is 79.9. The lowest BCUT2D eigenvalue weighted by Crippen LogP contribution is -2.38. The summed E-state index contributed by atoms with van der Waals surface area (Å²) in [4.78, 5) is 13.9. The molecule has 116 valence electrons. The van der Waals surface area contributed by atoms with Crippen LogP contribution in [0.25, 0.3) is 0 Å². The molecule has 0 spiro atoms. The summed E-state index contributed by atoms with van der Waals surface area (Å²) in [5, 5.41) is 9.70. The van der Waals surface area contributed by atoms with Crippen LogP contribution in [0.3, 0.4) is 0 Å². The predicted octanol–water partition coefficient (Wildman–Crippen LogP) is 3.71. The van der Waals surface area contributed by atoms with Crippen LogP contribution in [0.5, 0.6) is 0 Å². The van der Waals surface area contributed by atoms with Crippen molar-refractivity contribution in [2.24, 2.45) is 11.8 Å². The van der Waals surface area contributed by atoms with Gasteiger partial charge in [-0.3, -0.25) is 0 Å². The van der Waals surface area contributed by atoms with E-state index in [0.29, 0.717) is 13.1 Å². The largest absolute Gasteiger partial charge is 0.444 e. The lowest BCUT2D eigenvalue weighted by molar-refractivity contribution is 0.0266. The molecule has 1 aliphatic heterocycles. The average molecular weight is 363 g/mol. The van der Waals surface area contributed by atoms with Crippen molar-refractivity contribution in [2.45, 2.75) is 31.8 Å². The number of nitriles is 1. The Hall–Kier alpha value is -1.54. The van der Waals surface area contributed by atoms with Crippen molar-refractivity contribution >= 4 is 22.0 Å². The molecule has 3 atom stereocenters. The summed E-state index contributed by atoms with van der Waals surface area (Å²) < 4.78 is 6.42. The summed E-state index contributed by atoms with van der Waals surface area (Å²) >= 11 is 3.42. The summed E-state index contributed by atoms with van der Waals surface area (Å²) in [6.07, 6.45) is -0.276. The zero-order valence-corrected chi connectivity index (χ0v) is 14.6. The molecule has 22 heavy (non-hydrogen) atoms. The van der Waals surface area contributed by atoms with Crippen LogP contribution in [0.4, 0.5) is 4.79 Å². The molecule has 1 aromatic rings. The van der Waals surface area contributed by atoms with Gasteiger partial charge in [0.15, 0.2) is 0 Å². The second-order valence-electron chi connectivity index (χ2n) is 7.09. The van der Waals surface area contributed by atoms with Crippen LogP contribution in [0.2, 0.25) is 0 Å². The first-order valence-electron chi connectivity index (χ1n) is 7.43. The number of hydrogen-bond donors (Lipinski definition) is 0. The van der Waals surface area contributed by atoms with E-state index >= 15 is 0 Å². The van der Waals surface area contributed by atoms with E-state index in [0.717, 1.165) is 10.0 Å². The third kappa shape index (κ3) is 2.40. The molecule has 0 radical (unpaired) electrons. The van der Waals surface area contributed by atoms with Gasteiger partial charge in [0.05, 0.1) is 11.5 Å². The molecule has 1 saturated carbocycles.